The predicted molar refractivity (Wildman–Crippen MR) is 83.9 cm³/mol. The first kappa shape index (κ1) is 17.7. The Kier molecular flexibility index (Phi) is 11.0. The minimum atomic E-state index is -0.826. The molecule has 0 saturated heterocycles. The van der Waals surface area contributed by atoms with Crippen LogP contribution in [-0.2, 0) is 27.3 Å². The van der Waals surface area contributed by atoms with Gasteiger partial charge in [0.2, 0.25) is 0 Å². The van der Waals surface area contributed by atoms with Gasteiger partial charge in [-0.1, -0.05) is 30.3 Å². The second-order valence-corrected chi connectivity index (χ2v) is 7.78. The van der Waals surface area contributed by atoms with Crippen LogP contribution >= 0.6 is 17.0 Å². The summed E-state index contributed by atoms with van der Waals surface area (Å²) in [6.07, 6.45) is 19.6. The van der Waals surface area contributed by atoms with Gasteiger partial charge in [-0.15, -0.1) is 12.8 Å². The van der Waals surface area contributed by atoms with Crippen molar-refractivity contribution in [3.05, 3.63) is 84.0 Å². The van der Waals surface area contributed by atoms with Gasteiger partial charge in [-0.25, -0.2) is 23.8 Å². The van der Waals surface area contributed by atoms with Gasteiger partial charge in [-0.05, 0) is 12.0 Å². The van der Waals surface area contributed by atoms with Gasteiger partial charge in [0.25, 0.3) is 0 Å². The fourth-order valence-electron chi connectivity index (χ4n) is 1.73. The molecule has 0 heterocycles. The summed E-state index contributed by atoms with van der Waals surface area (Å²) in [7, 11) is 9.87. The quantitative estimate of drug-likeness (QED) is 0.584. The fourth-order valence-corrected chi connectivity index (χ4v) is 1.73. The van der Waals surface area contributed by atoms with E-state index in [1.54, 1.807) is 0 Å². The molecule has 0 nitrogen and oxygen atoms in total. The number of halogens is 2. The summed E-state index contributed by atoms with van der Waals surface area (Å²) < 4.78 is 0. The first-order valence-corrected chi connectivity index (χ1v) is 12.7. The molecule has 0 fully saturated rings. The van der Waals surface area contributed by atoms with E-state index in [-0.39, 0.29) is 0 Å². The molecule has 3 rings (SSSR count). The van der Waals surface area contributed by atoms with Gasteiger partial charge in [0.05, 0.1) is 0 Å². The summed E-state index contributed by atoms with van der Waals surface area (Å²) >= 11 is -0.826. The Morgan fingerprint density at radius 3 is 2.25 bits per heavy atom. The number of rotatable bonds is 2. The Labute approximate surface area is 140 Å². The van der Waals surface area contributed by atoms with Crippen LogP contribution in [0.25, 0.3) is 0 Å². The van der Waals surface area contributed by atoms with Gasteiger partial charge >= 0.3 is 37.9 Å². The van der Waals surface area contributed by atoms with Crippen LogP contribution in [-0.4, -0.2) is 0 Å². The Hall–Kier alpha value is -0.357. The molecule has 2 aliphatic rings. The van der Waals surface area contributed by atoms with Crippen LogP contribution in [0.1, 0.15) is 18.4 Å². The second-order valence-electron chi connectivity index (χ2n) is 4.05. The van der Waals surface area contributed by atoms with Gasteiger partial charge in [0.15, 0.2) is 0 Å². The number of allylic oxidation sites excluding steroid dienone is 8. The van der Waals surface area contributed by atoms with E-state index in [1.165, 1.54) is 11.1 Å². The zero-order valence-corrected chi connectivity index (χ0v) is 15.1. The van der Waals surface area contributed by atoms with E-state index in [4.69, 9.17) is 17.0 Å². The van der Waals surface area contributed by atoms with Crippen molar-refractivity contribution in [3.8, 4) is 0 Å². The monoisotopic (exact) mass is 380 g/mol. The van der Waals surface area contributed by atoms with E-state index >= 15 is 0 Å². The Bertz CT molecular complexity index is 463. The summed E-state index contributed by atoms with van der Waals surface area (Å²) in [5, 5.41) is 0. The van der Waals surface area contributed by atoms with Gasteiger partial charge in [0, 0.05) is 0 Å². The first-order chi connectivity index (χ1) is 9.86. The zero-order chi connectivity index (χ0) is 14.5. The third-order valence-electron chi connectivity index (χ3n) is 2.59. The molecule has 0 N–H and O–H groups in total. The van der Waals surface area contributed by atoms with E-state index in [0.29, 0.717) is 0 Å². The molecule has 102 valence electrons. The summed E-state index contributed by atoms with van der Waals surface area (Å²) in [5.41, 5.74) is 2.69. The van der Waals surface area contributed by atoms with Crippen molar-refractivity contribution >= 4 is 17.0 Å². The number of benzene rings is 1. The van der Waals surface area contributed by atoms with Gasteiger partial charge < -0.3 is 0 Å². The van der Waals surface area contributed by atoms with Crippen molar-refractivity contribution in [2.24, 2.45) is 0 Å². The Balaban J connectivity index is 0.000000208. The topological polar surface area (TPSA) is 0 Å². The van der Waals surface area contributed by atoms with Crippen LogP contribution in [0.4, 0.5) is 0 Å². The fraction of sp³-hybridized carbons (Fsp3) is 0.176. The van der Waals surface area contributed by atoms with Crippen molar-refractivity contribution in [3.63, 3.8) is 0 Å². The van der Waals surface area contributed by atoms with E-state index in [0.717, 1.165) is 19.3 Å². The predicted octanol–water partition coefficient (Wildman–Crippen LogP) is 5.60. The molecule has 0 amide bonds. The number of hydrogen-bond donors (Lipinski definition) is 0. The second kappa shape index (κ2) is 12.4. The minimum absolute atomic E-state index is 0.826. The van der Waals surface area contributed by atoms with Gasteiger partial charge in [-0.3, -0.25) is 12.2 Å². The molecule has 0 bridgehead atoms. The van der Waals surface area contributed by atoms with Crippen molar-refractivity contribution < 1.29 is 20.8 Å². The third kappa shape index (κ3) is 8.74. The molecule has 2 aliphatic carbocycles. The van der Waals surface area contributed by atoms with E-state index < -0.39 is 20.8 Å². The molecule has 1 aromatic rings. The SMILES string of the molecule is [C-]1=C(Cc2ccccc2)C=CC1.[C-]1=CC=CC1.[Cl][Zr+2][Cl]. The summed E-state index contributed by atoms with van der Waals surface area (Å²) in [6, 6.07) is 10.5. The molecule has 3 heteroatoms. The van der Waals surface area contributed by atoms with Crippen LogP contribution in [0.15, 0.2) is 66.3 Å². The van der Waals surface area contributed by atoms with Crippen LogP contribution < -0.4 is 0 Å². The normalized spacial score (nSPS) is 13.8. The van der Waals surface area contributed by atoms with Crippen LogP contribution in [0, 0.1) is 12.2 Å². The number of hydrogen-bond acceptors (Lipinski definition) is 0. The van der Waals surface area contributed by atoms with Crippen molar-refractivity contribution in [1.29, 1.82) is 0 Å². The zero-order valence-electron chi connectivity index (χ0n) is 11.2. The molecule has 0 spiro atoms. The summed E-state index contributed by atoms with van der Waals surface area (Å²) in [4.78, 5) is 0. The van der Waals surface area contributed by atoms with E-state index in [9.17, 15) is 0 Å². The molecule has 0 aliphatic heterocycles. The molecule has 1 aromatic carbocycles. The maximum atomic E-state index is 4.93. The Morgan fingerprint density at radius 2 is 1.80 bits per heavy atom. The maximum absolute atomic E-state index is 4.93. The molecular formula is C17H16Cl2Zr. The molecule has 20 heavy (non-hydrogen) atoms. The first-order valence-electron chi connectivity index (χ1n) is 6.35. The molecule has 0 aromatic heterocycles. The van der Waals surface area contributed by atoms with Crippen LogP contribution in [0.2, 0.25) is 0 Å². The summed E-state index contributed by atoms with van der Waals surface area (Å²) in [5.74, 6) is 0. The molecule has 0 saturated carbocycles. The standard InChI is InChI=1S/C12H11.C5H5.2ClH.Zr/c1-2-6-11(7-3-1)10-12-8-4-5-9-12;1-2-4-5-3-1;;;/h1-4,6-8H,5,10H2;1-3H,4H2;2*1H;/q2*-1;;;+4/p-2. The van der Waals surface area contributed by atoms with Crippen LogP contribution in [0.5, 0.6) is 0 Å². The van der Waals surface area contributed by atoms with Crippen molar-refractivity contribution in [2.45, 2.75) is 19.3 Å². The van der Waals surface area contributed by atoms with Crippen molar-refractivity contribution in [2.75, 3.05) is 0 Å². The van der Waals surface area contributed by atoms with Gasteiger partial charge in [-0.2, -0.15) is 12.2 Å². The third-order valence-corrected chi connectivity index (χ3v) is 2.59. The molecule has 0 atom stereocenters. The molecular weight excluding hydrogens is 366 g/mol. The van der Waals surface area contributed by atoms with E-state index in [2.05, 4.69) is 54.6 Å². The average molecular weight is 382 g/mol. The van der Waals surface area contributed by atoms with Crippen LogP contribution in [0.3, 0.4) is 0 Å². The molecule has 0 unspecified atom stereocenters. The summed E-state index contributed by atoms with van der Waals surface area (Å²) in [6.45, 7) is 0. The molecule has 0 radical (unpaired) electrons. The van der Waals surface area contributed by atoms with Crippen molar-refractivity contribution in [1.82, 2.24) is 0 Å². The van der Waals surface area contributed by atoms with E-state index in [1.807, 2.05) is 18.2 Å². The Morgan fingerprint density at radius 1 is 1.05 bits per heavy atom. The average Bonchev–Trinajstić information content (AvgIpc) is 3.17. The van der Waals surface area contributed by atoms with Gasteiger partial charge in [0.1, 0.15) is 0 Å².